The molecule has 1 fully saturated rings. The van der Waals surface area contributed by atoms with Gasteiger partial charge >= 0.3 is 0 Å². The van der Waals surface area contributed by atoms with E-state index in [-0.39, 0.29) is 30.5 Å². The summed E-state index contributed by atoms with van der Waals surface area (Å²) in [4.78, 5) is 6.83. The second kappa shape index (κ2) is 11.7. The van der Waals surface area contributed by atoms with Crippen LogP contribution in [0.3, 0.4) is 0 Å². The highest BCUT2D eigenvalue weighted by Gasteiger charge is 2.27. The maximum Gasteiger partial charge on any atom is 0.194 e. The summed E-state index contributed by atoms with van der Waals surface area (Å²) in [7, 11) is 3.30. The summed E-state index contributed by atoms with van der Waals surface area (Å²) in [6.45, 7) is 4.61. The lowest BCUT2D eigenvalue weighted by molar-refractivity contribution is 0.392. The Morgan fingerprint density at radius 2 is 1.94 bits per heavy atom. The van der Waals surface area contributed by atoms with Crippen molar-refractivity contribution in [2.24, 2.45) is 4.99 Å². The molecule has 0 aromatic heterocycles. The molecule has 1 heterocycles. The third-order valence-corrected chi connectivity index (χ3v) is 5.25. The van der Waals surface area contributed by atoms with Gasteiger partial charge in [0.1, 0.15) is 17.3 Å². The first kappa shape index (κ1) is 24.7. The normalized spacial score (nSPS) is 15.8. The zero-order valence-corrected chi connectivity index (χ0v) is 20.4. The Bertz CT molecular complexity index is 939. The molecule has 166 valence electrons. The van der Waals surface area contributed by atoms with Crippen LogP contribution in [0.5, 0.6) is 11.5 Å². The first-order chi connectivity index (χ1) is 14.6. The number of rotatable bonds is 6. The van der Waals surface area contributed by atoms with E-state index in [1.165, 1.54) is 11.6 Å². The molecule has 1 aliphatic rings. The number of halogens is 2. The predicted octanol–water partition coefficient (Wildman–Crippen LogP) is 4.29. The molecule has 0 aliphatic carbocycles. The largest absolute Gasteiger partial charge is 0.497 e. The highest BCUT2D eigenvalue weighted by molar-refractivity contribution is 14.0. The van der Waals surface area contributed by atoms with Crippen molar-refractivity contribution in [3.8, 4) is 17.6 Å². The van der Waals surface area contributed by atoms with Gasteiger partial charge in [-0.2, -0.15) is 5.26 Å². The maximum absolute atomic E-state index is 14.2. The number of aliphatic imine (C=N–C) groups is 1. The minimum absolute atomic E-state index is 0. The molecule has 0 bridgehead atoms. The van der Waals surface area contributed by atoms with Gasteiger partial charge in [-0.1, -0.05) is 6.07 Å². The van der Waals surface area contributed by atoms with Gasteiger partial charge in [0.25, 0.3) is 0 Å². The Hall–Kier alpha value is -2.54. The van der Waals surface area contributed by atoms with E-state index in [1.54, 1.807) is 26.4 Å². The van der Waals surface area contributed by atoms with E-state index in [1.807, 2.05) is 31.2 Å². The number of likely N-dealkylation sites (tertiary alicyclic amines) is 1. The molecule has 0 amide bonds. The summed E-state index contributed by atoms with van der Waals surface area (Å²) in [6, 6.07) is 12.4. The second-order valence-corrected chi connectivity index (χ2v) is 7.17. The molecule has 1 unspecified atom stereocenters. The quantitative estimate of drug-likeness (QED) is 0.338. The highest BCUT2D eigenvalue weighted by Crippen LogP contribution is 2.33. The molecule has 31 heavy (non-hydrogen) atoms. The topological polar surface area (TPSA) is 69.9 Å². The summed E-state index contributed by atoms with van der Waals surface area (Å²) in [5.74, 6) is 2.24. The lowest BCUT2D eigenvalue weighted by Gasteiger charge is -2.22. The second-order valence-electron chi connectivity index (χ2n) is 7.17. The Kier molecular flexibility index (Phi) is 9.37. The number of nitrogens with zero attached hydrogens (tertiary/aromatic N) is 3. The number of hydrogen-bond acceptors (Lipinski definition) is 4. The number of nitriles is 1. The lowest BCUT2D eigenvalue weighted by Crippen LogP contribution is -2.40. The monoisotopic (exact) mass is 538 g/mol. The molecule has 1 atom stereocenters. The van der Waals surface area contributed by atoms with Crippen LogP contribution in [0, 0.1) is 17.1 Å². The van der Waals surface area contributed by atoms with Crippen molar-refractivity contribution in [1.82, 2.24) is 10.2 Å². The molecule has 8 heteroatoms. The third-order valence-electron chi connectivity index (χ3n) is 5.25. The highest BCUT2D eigenvalue weighted by atomic mass is 127. The smallest absolute Gasteiger partial charge is 0.194 e. The minimum Gasteiger partial charge on any atom is -0.497 e. The first-order valence-corrected chi connectivity index (χ1v) is 10.0. The van der Waals surface area contributed by atoms with Gasteiger partial charge in [0.2, 0.25) is 0 Å². The summed E-state index contributed by atoms with van der Waals surface area (Å²) in [6.07, 6.45) is 0.978. The van der Waals surface area contributed by atoms with Crippen LogP contribution >= 0.6 is 24.0 Å². The van der Waals surface area contributed by atoms with Gasteiger partial charge in [-0.05, 0) is 43.2 Å². The zero-order chi connectivity index (χ0) is 21.5. The van der Waals surface area contributed by atoms with E-state index in [4.69, 9.17) is 14.7 Å². The van der Waals surface area contributed by atoms with Crippen molar-refractivity contribution in [1.29, 1.82) is 5.26 Å². The predicted molar refractivity (Wildman–Crippen MR) is 130 cm³/mol. The van der Waals surface area contributed by atoms with Gasteiger partial charge in [-0.15, -0.1) is 24.0 Å². The molecule has 1 aliphatic heterocycles. The SMILES string of the molecule is CCNC(=NCc1ccc(C#N)cc1F)N1CCC(c2cc(OC)cc(OC)c2)C1.I. The molecule has 3 rings (SSSR count). The van der Waals surface area contributed by atoms with Crippen LogP contribution in [0.2, 0.25) is 0 Å². The van der Waals surface area contributed by atoms with Crippen molar-refractivity contribution in [2.75, 3.05) is 33.9 Å². The van der Waals surface area contributed by atoms with E-state index >= 15 is 0 Å². The first-order valence-electron chi connectivity index (χ1n) is 10.0. The number of methoxy groups -OCH3 is 2. The fraction of sp³-hybridized carbons (Fsp3) is 0.391. The summed E-state index contributed by atoms with van der Waals surface area (Å²) >= 11 is 0. The average molecular weight is 538 g/mol. The molecular formula is C23H28FIN4O2. The van der Waals surface area contributed by atoms with Crippen LogP contribution in [0.25, 0.3) is 0 Å². The van der Waals surface area contributed by atoms with Crippen molar-refractivity contribution >= 4 is 29.9 Å². The molecular weight excluding hydrogens is 510 g/mol. The van der Waals surface area contributed by atoms with Gasteiger partial charge in [0.05, 0.1) is 32.4 Å². The molecule has 1 saturated heterocycles. The van der Waals surface area contributed by atoms with Crippen LogP contribution < -0.4 is 14.8 Å². The number of hydrogen-bond donors (Lipinski definition) is 1. The Morgan fingerprint density at radius 3 is 2.52 bits per heavy atom. The molecule has 0 spiro atoms. The lowest BCUT2D eigenvalue weighted by atomic mass is 9.98. The Morgan fingerprint density at radius 1 is 1.23 bits per heavy atom. The number of ether oxygens (including phenoxy) is 2. The number of nitrogens with one attached hydrogen (secondary N) is 1. The Balaban J connectivity index is 0.00000341. The van der Waals surface area contributed by atoms with Crippen LogP contribution in [-0.2, 0) is 6.54 Å². The number of benzene rings is 2. The number of guanidine groups is 1. The zero-order valence-electron chi connectivity index (χ0n) is 18.0. The van der Waals surface area contributed by atoms with E-state index in [9.17, 15) is 4.39 Å². The molecule has 6 nitrogen and oxygen atoms in total. The third kappa shape index (κ3) is 6.23. The van der Waals surface area contributed by atoms with E-state index in [0.717, 1.165) is 43.5 Å². The summed E-state index contributed by atoms with van der Waals surface area (Å²) < 4.78 is 25.0. The van der Waals surface area contributed by atoms with Gasteiger partial charge in [0, 0.05) is 37.2 Å². The molecule has 0 radical (unpaired) electrons. The fourth-order valence-electron chi connectivity index (χ4n) is 3.62. The van der Waals surface area contributed by atoms with Crippen molar-refractivity contribution in [2.45, 2.75) is 25.8 Å². The molecule has 2 aromatic carbocycles. The van der Waals surface area contributed by atoms with E-state index in [2.05, 4.69) is 15.2 Å². The van der Waals surface area contributed by atoms with Gasteiger partial charge in [0.15, 0.2) is 5.96 Å². The van der Waals surface area contributed by atoms with Gasteiger partial charge < -0.3 is 19.7 Å². The van der Waals surface area contributed by atoms with Crippen molar-refractivity contribution in [3.05, 3.63) is 58.9 Å². The van der Waals surface area contributed by atoms with Crippen LogP contribution in [-0.4, -0.2) is 44.7 Å². The molecule has 2 aromatic rings. The fourth-order valence-corrected chi connectivity index (χ4v) is 3.62. The minimum atomic E-state index is -0.406. The van der Waals surface area contributed by atoms with E-state index < -0.39 is 5.82 Å². The molecule has 0 saturated carbocycles. The van der Waals surface area contributed by atoms with Crippen LogP contribution in [0.1, 0.15) is 36.0 Å². The average Bonchev–Trinajstić information content (AvgIpc) is 3.27. The van der Waals surface area contributed by atoms with Gasteiger partial charge in [-0.25, -0.2) is 9.38 Å². The molecule has 1 N–H and O–H groups in total. The summed E-state index contributed by atoms with van der Waals surface area (Å²) in [5.41, 5.74) is 1.95. The van der Waals surface area contributed by atoms with Crippen LogP contribution in [0.4, 0.5) is 4.39 Å². The van der Waals surface area contributed by atoms with E-state index in [0.29, 0.717) is 17.0 Å². The van der Waals surface area contributed by atoms with Crippen LogP contribution in [0.15, 0.2) is 41.4 Å². The maximum atomic E-state index is 14.2. The standard InChI is InChI=1S/C23H27FN4O2.HI/c1-4-26-23(27-14-17-6-5-16(13-25)9-22(17)24)28-8-7-18(15-28)19-10-20(29-2)12-21(11-19)30-3;/h5-6,9-12,18H,4,7-8,14-15H2,1-3H3,(H,26,27);1H. The van der Waals surface area contributed by atoms with Crippen molar-refractivity contribution < 1.29 is 13.9 Å². The van der Waals surface area contributed by atoms with Crippen molar-refractivity contribution in [3.63, 3.8) is 0 Å². The summed E-state index contributed by atoms with van der Waals surface area (Å²) in [5, 5.41) is 12.2. The van der Waals surface area contributed by atoms with Gasteiger partial charge in [-0.3, -0.25) is 0 Å². The Labute approximate surface area is 200 Å².